The number of benzene rings is 1. The topological polar surface area (TPSA) is 71.7 Å². The molecule has 2 unspecified atom stereocenters. The second-order valence-corrected chi connectivity index (χ2v) is 5.76. The van der Waals surface area contributed by atoms with Gasteiger partial charge in [0.2, 0.25) is 0 Å². The Labute approximate surface area is 128 Å². The van der Waals surface area contributed by atoms with Gasteiger partial charge in [0.15, 0.2) is 11.5 Å². The van der Waals surface area contributed by atoms with Gasteiger partial charge in [0.25, 0.3) is 0 Å². The summed E-state index contributed by atoms with van der Waals surface area (Å²) in [5.41, 5.74) is -0.387. The Hall–Kier alpha value is -1.48. The highest BCUT2D eigenvalue weighted by molar-refractivity contribution is 6.32. The largest absolute Gasteiger partial charge is 0.486 e. The number of hydrogen-bond acceptors (Lipinski definition) is 5. The van der Waals surface area contributed by atoms with Gasteiger partial charge >= 0.3 is 0 Å². The number of rotatable bonds is 2. The average molecular weight is 310 g/mol. The molecule has 2 heterocycles. The highest BCUT2D eigenvalue weighted by Gasteiger charge is 2.42. The van der Waals surface area contributed by atoms with Gasteiger partial charge in [-0.3, -0.25) is 0 Å². The molecule has 1 fully saturated rings. The summed E-state index contributed by atoms with van der Waals surface area (Å²) in [6.45, 7) is 1.73. The molecule has 6 heteroatoms. The normalized spacial score (nSPS) is 26.0. The van der Waals surface area contributed by atoms with Crippen LogP contribution in [0.3, 0.4) is 0 Å². The second kappa shape index (κ2) is 5.72. The smallest absolute Gasteiger partial charge is 0.179 e. The minimum Gasteiger partial charge on any atom is -0.486 e. The number of aliphatic hydroxyl groups is 1. The first-order valence-corrected chi connectivity index (χ1v) is 7.30. The Morgan fingerprint density at radius 2 is 2.10 bits per heavy atom. The fourth-order valence-electron chi connectivity index (χ4n) is 2.79. The highest BCUT2D eigenvalue weighted by Crippen LogP contribution is 2.45. The van der Waals surface area contributed by atoms with E-state index in [4.69, 9.17) is 25.8 Å². The first kappa shape index (κ1) is 14.5. The third kappa shape index (κ3) is 2.55. The standard InChI is InChI=1S/C15H16ClNO4/c16-11-6-10(7-12-13(11)21-5-4-20-12)14(18)15(8-17)2-1-3-19-9-15/h6-7,14,18H,1-5,9H2. The van der Waals surface area contributed by atoms with E-state index in [9.17, 15) is 10.4 Å². The highest BCUT2D eigenvalue weighted by atomic mass is 35.5. The molecule has 1 aromatic carbocycles. The van der Waals surface area contributed by atoms with E-state index >= 15 is 0 Å². The van der Waals surface area contributed by atoms with Gasteiger partial charge in [-0.25, -0.2) is 0 Å². The van der Waals surface area contributed by atoms with E-state index in [0.29, 0.717) is 48.3 Å². The van der Waals surface area contributed by atoms with Crippen LogP contribution in [-0.2, 0) is 4.74 Å². The molecule has 21 heavy (non-hydrogen) atoms. The van der Waals surface area contributed by atoms with Crippen LogP contribution in [0.2, 0.25) is 5.02 Å². The van der Waals surface area contributed by atoms with Crippen LogP contribution in [0.5, 0.6) is 11.5 Å². The Bertz CT molecular complexity index is 578. The van der Waals surface area contributed by atoms with E-state index < -0.39 is 11.5 Å². The lowest BCUT2D eigenvalue weighted by Gasteiger charge is -2.35. The van der Waals surface area contributed by atoms with E-state index in [1.165, 1.54) is 0 Å². The lowest BCUT2D eigenvalue weighted by atomic mass is 9.76. The van der Waals surface area contributed by atoms with Crippen molar-refractivity contribution < 1.29 is 19.3 Å². The summed E-state index contributed by atoms with van der Waals surface area (Å²) in [7, 11) is 0. The van der Waals surface area contributed by atoms with Gasteiger partial charge in [-0.2, -0.15) is 5.26 Å². The molecule has 1 saturated heterocycles. The molecule has 0 aromatic heterocycles. The van der Waals surface area contributed by atoms with Crippen LogP contribution in [0.15, 0.2) is 12.1 Å². The maximum atomic E-state index is 10.7. The Morgan fingerprint density at radius 3 is 2.81 bits per heavy atom. The maximum absolute atomic E-state index is 10.7. The first-order chi connectivity index (χ1) is 10.2. The van der Waals surface area contributed by atoms with Crippen molar-refractivity contribution in [3.8, 4) is 17.6 Å². The lowest BCUT2D eigenvalue weighted by molar-refractivity contribution is -0.0507. The van der Waals surface area contributed by atoms with Crippen molar-refractivity contribution in [2.75, 3.05) is 26.4 Å². The first-order valence-electron chi connectivity index (χ1n) is 6.92. The van der Waals surface area contributed by atoms with Crippen LogP contribution in [-0.4, -0.2) is 31.5 Å². The van der Waals surface area contributed by atoms with Crippen LogP contribution in [0.1, 0.15) is 24.5 Å². The van der Waals surface area contributed by atoms with Crippen molar-refractivity contribution in [1.82, 2.24) is 0 Å². The van der Waals surface area contributed by atoms with Gasteiger partial charge in [0.1, 0.15) is 24.7 Å². The van der Waals surface area contributed by atoms with Crippen molar-refractivity contribution in [2.24, 2.45) is 5.41 Å². The third-order valence-electron chi connectivity index (χ3n) is 3.95. The van der Waals surface area contributed by atoms with Gasteiger partial charge < -0.3 is 19.3 Å². The van der Waals surface area contributed by atoms with Gasteiger partial charge in [-0.05, 0) is 30.5 Å². The molecule has 3 rings (SSSR count). The quantitative estimate of drug-likeness (QED) is 0.908. The van der Waals surface area contributed by atoms with Crippen LogP contribution in [0.4, 0.5) is 0 Å². The molecule has 0 saturated carbocycles. The summed E-state index contributed by atoms with van der Waals surface area (Å²) in [6, 6.07) is 5.55. The summed E-state index contributed by atoms with van der Waals surface area (Å²) in [6.07, 6.45) is 0.371. The predicted molar refractivity (Wildman–Crippen MR) is 75.5 cm³/mol. The lowest BCUT2D eigenvalue weighted by Crippen LogP contribution is -2.36. The molecule has 1 aromatic rings. The zero-order chi connectivity index (χ0) is 14.9. The van der Waals surface area contributed by atoms with Crippen LogP contribution < -0.4 is 9.47 Å². The van der Waals surface area contributed by atoms with Gasteiger partial charge in [0, 0.05) is 6.61 Å². The summed E-state index contributed by atoms with van der Waals surface area (Å²) in [5, 5.41) is 20.5. The number of hydrogen-bond donors (Lipinski definition) is 1. The van der Waals surface area contributed by atoms with Gasteiger partial charge in [0.05, 0.1) is 17.7 Å². The molecule has 0 radical (unpaired) electrons. The predicted octanol–water partition coefficient (Wildman–Crippen LogP) is 2.46. The zero-order valence-electron chi connectivity index (χ0n) is 11.5. The zero-order valence-corrected chi connectivity index (χ0v) is 12.2. The summed E-state index contributed by atoms with van der Waals surface area (Å²) >= 11 is 6.19. The molecular weight excluding hydrogens is 294 g/mol. The van der Waals surface area contributed by atoms with Crippen molar-refractivity contribution in [1.29, 1.82) is 5.26 Å². The Morgan fingerprint density at radius 1 is 1.29 bits per heavy atom. The van der Waals surface area contributed by atoms with Crippen LogP contribution in [0.25, 0.3) is 0 Å². The number of halogens is 1. The average Bonchev–Trinajstić information content (AvgIpc) is 2.54. The summed E-state index contributed by atoms with van der Waals surface area (Å²) < 4.78 is 16.4. The fourth-order valence-corrected chi connectivity index (χ4v) is 3.06. The maximum Gasteiger partial charge on any atom is 0.179 e. The van der Waals surface area contributed by atoms with Gasteiger partial charge in [-0.15, -0.1) is 0 Å². The summed E-state index contributed by atoms with van der Waals surface area (Å²) in [5.74, 6) is 0.998. The summed E-state index contributed by atoms with van der Waals surface area (Å²) in [4.78, 5) is 0. The molecular formula is C15H16ClNO4. The van der Waals surface area contributed by atoms with E-state index in [0.717, 1.165) is 6.42 Å². The number of aliphatic hydroxyl groups excluding tert-OH is 1. The number of nitrogens with zero attached hydrogens (tertiary/aromatic N) is 1. The van der Waals surface area contributed by atoms with E-state index in [1.807, 2.05) is 0 Å². The van der Waals surface area contributed by atoms with Crippen molar-refractivity contribution in [3.63, 3.8) is 0 Å². The third-order valence-corrected chi connectivity index (χ3v) is 4.23. The molecule has 1 N–H and O–H groups in total. The van der Waals surface area contributed by atoms with Crippen molar-refractivity contribution in [3.05, 3.63) is 22.7 Å². The van der Waals surface area contributed by atoms with Crippen LogP contribution in [0, 0.1) is 16.7 Å². The van der Waals surface area contributed by atoms with Gasteiger partial charge in [-0.1, -0.05) is 11.6 Å². The Balaban J connectivity index is 1.96. The van der Waals surface area contributed by atoms with E-state index in [-0.39, 0.29) is 6.61 Å². The number of fused-ring (bicyclic) bond motifs is 1. The molecule has 2 aliphatic rings. The van der Waals surface area contributed by atoms with Crippen LogP contribution >= 0.6 is 11.6 Å². The SMILES string of the molecule is N#CC1(C(O)c2cc(Cl)c3c(c2)OCCO3)CCCOC1. The molecule has 112 valence electrons. The molecule has 0 amide bonds. The second-order valence-electron chi connectivity index (χ2n) is 5.35. The van der Waals surface area contributed by atoms with Crippen molar-refractivity contribution >= 4 is 11.6 Å². The fraction of sp³-hybridized carbons (Fsp3) is 0.533. The minimum atomic E-state index is -0.976. The van der Waals surface area contributed by atoms with E-state index in [1.54, 1.807) is 12.1 Å². The minimum absolute atomic E-state index is 0.219. The molecule has 0 aliphatic carbocycles. The monoisotopic (exact) mass is 309 g/mol. The molecule has 0 bridgehead atoms. The number of ether oxygens (including phenoxy) is 3. The van der Waals surface area contributed by atoms with Crippen molar-refractivity contribution in [2.45, 2.75) is 18.9 Å². The number of nitriles is 1. The molecule has 2 aliphatic heterocycles. The molecule has 0 spiro atoms. The molecule has 5 nitrogen and oxygen atoms in total. The molecule has 2 atom stereocenters. The van der Waals surface area contributed by atoms with E-state index in [2.05, 4.69) is 6.07 Å². The Kier molecular flexibility index (Phi) is 3.94.